The van der Waals surface area contributed by atoms with Crippen LogP contribution < -0.4 is 9.80 Å². The summed E-state index contributed by atoms with van der Waals surface area (Å²) < 4.78 is 2.41. The maximum atomic E-state index is 2.51. The maximum absolute atomic E-state index is 2.51. The summed E-state index contributed by atoms with van der Waals surface area (Å²) in [5.41, 5.74) is 36.5. The first-order valence-electron chi connectivity index (χ1n) is 39.5. The van der Waals surface area contributed by atoms with Crippen LogP contribution in [0.3, 0.4) is 0 Å². The lowest BCUT2D eigenvalue weighted by molar-refractivity contribution is 0.714. The first kappa shape index (κ1) is 67.5. The summed E-state index contributed by atoms with van der Waals surface area (Å²) in [6.45, 7) is 2.42. The highest BCUT2D eigenvalue weighted by atomic mass is 15.2. The molecular weight excluding hydrogens is 1380 g/mol. The zero-order chi connectivity index (χ0) is 75.7. The van der Waals surface area contributed by atoms with Crippen LogP contribution in [0.1, 0.15) is 45.9 Å². The lowest BCUT2D eigenvalue weighted by atomic mass is 9.66. The molecule has 19 aromatic rings. The van der Waals surface area contributed by atoms with E-state index in [1.54, 1.807) is 0 Å². The minimum atomic E-state index is -0.728. The van der Waals surface area contributed by atoms with Crippen LogP contribution in [0.4, 0.5) is 34.1 Å². The fourth-order valence-electron chi connectivity index (χ4n) is 18.8. The molecule has 0 fully saturated rings. The predicted octanol–water partition coefficient (Wildman–Crippen LogP) is 29.4. The Morgan fingerprint density at radius 1 is 0.219 bits per heavy atom. The van der Waals surface area contributed by atoms with Crippen LogP contribution in [0.15, 0.2) is 449 Å². The zero-order valence-electron chi connectivity index (χ0n) is 63.1. The minimum absolute atomic E-state index is 0.457. The molecule has 0 amide bonds. The summed E-state index contributed by atoms with van der Waals surface area (Å²) in [5.74, 6) is 0. The number of fused-ring (bicyclic) bond motifs is 9. The van der Waals surface area contributed by atoms with Crippen molar-refractivity contribution in [3.05, 3.63) is 488 Å². The number of nitrogens with zero attached hydrogens (tertiary/aromatic N) is 3. The van der Waals surface area contributed by atoms with E-state index in [4.69, 9.17) is 0 Å². The van der Waals surface area contributed by atoms with Crippen molar-refractivity contribution in [2.75, 3.05) is 9.80 Å². The van der Waals surface area contributed by atoms with Gasteiger partial charge in [-0.2, -0.15) is 0 Å². The summed E-state index contributed by atoms with van der Waals surface area (Å²) in [5, 5.41) is 2.43. The van der Waals surface area contributed by atoms with Crippen molar-refractivity contribution in [3.8, 4) is 94.7 Å². The van der Waals surface area contributed by atoms with Crippen molar-refractivity contribution in [2.24, 2.45) is 0 Å². The van der Waals surface area contributed by atoms with E-state index in [0.717, 1.165) is 67.6 Å². The van der Waals surface area contributed by atoms with Gasteiger partial charge in [-0.05, 0) is 239 Å². The topological polar surface area (TPSA) is 11.4 Å². The molecule has 0 saturated heterocycles. The quantitative estimate of drug-likeness (QED) is 0.0955. The number of rotatable bonds is 16. The highest BCUT2D eigenvalue weighted by molar-refractivity contribution is 6.11. The van der Waals surface area contributed by atoms with E-state index in [1.807, 2.05) is 0 Å². The van der Waals surface area contributed by atoms with Crippen molar-refractivity contribution in [2.45, 2.75) is 17.8 Å². The van der Waals surface area contributed by atoms with E-state index < -0.39 is 10.8 Å². The Bertz CT molecular complexity index is 6660. The van der Waals surface area contributed by atoms with Gasteiger partial charge in [-0.1, -0.05) is 340 Å². The van der Waals surface area contributed by atoms with E-state index in [9.17, 15) is 0 Å². The van der Waals surface area contributed by atoms with Gasteiger partial charge in [0, 0.05) is 55.9 Å². The molecule has 2 aliphatic carbocycles. The van der Waals surface area contributed by atoms with Gasteiger partial charge in [0.1, 0.15) is 0 Å². The van der Waals surface area contributed by atoms with Crippen LogP contribution in [0, 0.1) is 0 Å². The highest BCUT2D eigenvalue weighted by Gasteiger charge is 2.49. The molecule has 1 atom stereocenters. The van der Waals surface area contributed by atoms with Gasteiger partial charge in [-0.3, -0.25) is 0 Å². The third kappa shape index (κ3) is 11.3. The Morgan fingerprint density at radius 2 is 0.623 bits per heavy atom. The monoisotopic (exact) mass is 1450 g/mol. The van der Waals surface area contributed by atoms with Crippen molar-refractivity contribution in [1.82, 2.24) is 4.57 Å². The largest absolute Gasteiger partial charge is 0.310 e. The molecule has 0 N–H and O–H groups in total. The Hall–Kier alpha value is -14.6. The Kier molecular flexibility index (Phi) is 16.6. The van der Waals surface area contributed by atoms with Gasteiger partial charge >= 0.3 is 0 Å². The number of benzene rings is 18. The standard InChI is InChI=1S/C111H77N3/c1-110(87-36-15-5-16-37-87)102-69-56-85(73-100(102)97-67-66-95(75-104(97)110)112(91-58-48-79(49-59-91)76-28-9-2-10-29-76)92-60-50-80(51-61-92)77-30-11-3-12-31-77)84-35-27-34-83(72-84)82-54-64-94(65-55-82)113(93-62-52-81(53-63-93)78-32-13-4-14-33-78)107-71-68-96(86-57-70-106-101(74-86)98-44-24-26-47-105(98)114(106)90-42-21-8-22-43-90)109-108(107)99-45-23-25-46-103(99)111(109,88-38-17-6-18-39-88)89-40-19-7-20-41-89/h2-75H,1H3. The van der Waals surface area contributed by atoms with Gasteiger partial charge in [-0.25, -0.2) is 0 Å². The van der Waals surface area contributed by atoms with Crippen molar-refractivity contribution < 1.29 is 0 Å². The molecule has 0 aliphatic heterocycles. The molecule has 1 unspecified atom stereocenters. The van der Waals surface area contributed by atoms with Gasteiger partial charge < -0.3 is 14.4 Å². The zero-order valence-corrected chi connectivity index (χ0v) is 63.1. The fraction of sp³-hybridized carbons (Fsp3) is 0.0270. The second-order valence-electron chi connectivity index (χ2n) is 30.3. The molecule has 0 radical (unpaired) electrons. The molecule has 2 aliphatic rings. The molecule has 0 saturated carbocycles. The molecule has 1 heterocycles. The fourth-order valence-corrected chi connectivity index (χ4v) is 18.8. The third-order valence-electron chi connectivity index (χ3n) is 24.2. The average Bonchev–Trinajstić information content (AvgIpc) is 1.51. The van der Waals surface area contributed by atoms with E-state index >= 15 is 0 Å². The number of anilines is 6. The molecule has 18 aromatic carbocycles. The van der Waals surface area contributed by atoms with E-state index in [-0.39, 0.29) is 0 Å². The minimum Gasteiger partial charge on any atom is -0.310 e. The van der Waals surface area contributed by atoms with Crippen molar-refractivity contribution in [3.63, 3.8) is 0 Å². The van der Waals surface area contributed by atoms with Crippen LogP contribution in [0.25, 0.3) is 117 Å². The first-order chi connectivity index (χ1) is 56.4. The Labute approximate surface area is 666 Å². The van der Waals surface area contributed by atoms with Gasteiger partial charge in [0.05, 0.1) is 22.1 Å². The SMILES string of the molecule is CC1(c2ccccc2)c2ccc(-c3cccc(-c4ccc(N(c5ccc(-c6ccccc6)cc5)c5ccc(-c6ccc7c(c6)c6ccccc6n7-c6ccccc6)c6c5-c5ccccc5C6(c5ccccc5)c5ccccc5)cc4)c3)cc2-c2ccc(N(c3ccc(-c4ccccc4)cc3)c3ccc(-c4ccccc4)cc3)cc21. The van der Waals surface area contributed by atoms with Crippen LogP contribution in [0.5, 0.6) is 0 Å². The van der Waals surface area contributed by atoms with E-state index in [0.29, 0.717) is 0 Å². The molecule has 0 bridgehead atoms. The van der Waals surface area contributed by atoms with Gasteiger partial charge in [0.2, 0.25) is 0 Å². The second-order valence-corrected chi connectivity index (χ2v) is 30.3. The molecule has 0 spiro atoms. The summed E-state index contributed by atoms with van der Waals surface area (Å²) in [6, 6.07) is 167. The van der Waals surface area contributed by atoms with Crippen LogP contribution in [0.2, 0.25) is 0 Å². The molecule has 1 aromatic heterocycles. The van der Waals surface area contributed by atoms with Crippen molar-refractivity contribution >= 4 is 55.9 Å². The van der Waals surface area contributed by atoms with Gasteiger partial charge in [-0.15, -0.1) is 0 Å². The lowest BCUT2D eigenvalue weighted by Gasteiger charge is -2.36. The number of para-hydroxylation sites is 2. The average molecular weight is 1450 g/mol. The van der Waals surface area contributed by atoms with Gasteiger partial charge in [0.25, 0.3) is 0 Å². The lowest BCUT2D eigenvalue weighted by Crippen LogP contribution is -2.29. The summed E-state index contributed by atoms with van der Waals surface area (Å²) in [7, 11) is 0. The molecule has 3 nitrogen and oxygen atoms in total. The molecular formula is C111H77N3. The van der Waals surface area contributed by atoms with Crippen LogP contribution in [-0.4, -0.2) is 4.57 Å². The second kappa shape index (κ2) is 28.0. The summed E-state index contributed by atoms with van der Waals surface area (Å²) >= 11 is 0. The third-order valence-corrected chi connectivity index (χ3v) is 24.2. The summed E-state index contributed by atoms with van der Waals surface area (Å²) in [6.07, 6.45) is 0. The smallest absolute Gasteiger partial charge is 0.0720 e. The number of aromatic nitrogens is 1. The van der Waals surface area contributed by atoms with Crippen molar-refractivity contribution in [1.29, 1.82) is 0 Å². The molecule has 21 rings (SSSR count). The first-order valence-corrected chi connectivity index (χ1v) is 39.5. The van der Waals surface area contributed by atoms with Gasteiger partial charge in [0.15, 0.2) is 0 Å². The van der Waals surface area contributed by atoms with Crippen LogP contribution >= 0.6 is 0 Å². The summed E-state index contributed by atoms with van der Waals surface area (Å²) in [4.78, 5) is 4.93. The van der Waals surface area contributed by atoms with E-state index in [2.05, 4.69) is 470 Å². The Morgan fingerprint density at radius 3 is 1.18 bits per heavy atom. The highest BCUT2D eigenvalue weighted by Crippen LogP contribution is 2.63. The molecule has 3 heteroatoms. The molecule has 114 heavy (non-hydrogen) atoms. The number of hydrogen-bond acceptors (Lipinski definition) is 2. The van der Waals surface area contributed by atoms with Crippen LogP contribution in [-0.2, 0) is 10.8 Å². The maximum Gasteiger partial charge on any atom is 0.0720 e. The molecule has 536 valence electrons. The van der Waals surface area contributed by atoms with E-state index in [1.165, 1.54) is 122 Å². The predicted molar refractivity (Wildman–Crippen MR) is 478 cm³/mol. The Balaban J connectivity index is 0.691. The number of hydrogen-bond donors (Lipinski definition) is 0. The normalized spacial score (nSPS) is 13.6.